The quantitative estimate of drug-likeness (QED) is 0.402. The summed E-state index contributed by atoms with van der Waals surface area (Å²) in [5.41, 5.74) is -1.41. The van der Waals surface area contributed by atoms with Crippen molar-refractivity contribution in [3.63, 3.8) is 0 Å². The minimum atomic E-state index is -0.621. The fourth-order valence-electron chi connectivity index (χ4n) is 11.1. The molecule has 208 valence electrons. The van der Waals surface area contributed by atoms with Crippen molar-refractivity contribution in [2.45, 2.75) is 99.8 Å². The first-order valence-corrected chi connectivity index (χ1v) is 14.8. The molecule has 5 aliphatic carbocycles. The molecule has 0 spiro atoms. The van der Waals surface area contributed by atoms with Crippen molar-refractivity contribution in [1.82, 2.24) is 4.90 Å². The van der Waals surface area contributed by atoms with Gasteiger partial charge in [0.1, 0.15) is 11.9 Å². The number of allylic oxidation sites excluding steroid dienone is 2. The largest absolute Gasteiger partial charge is 0.348 e. The normalized spacial score (nSPS) is 46.9. The van der Waals surface area contributed by atoms with Gasteiger partial charge in [0, 0.05) is 31.8 Å². The van der Waals surface area contributed by atoms with Crippen LogP contribution < -0.4 is 0 Å². The molecule has 0 aromatic carbocycles. The van der Waals surface area contributed by atoms with Crippen molar-refractivity contribution in [3.8, 4) is 6.07 Å². The van der Waals surface area contributed by atoms with E-state index in [4.69, 9.17) is 0 Å². The number of hydrogen-bond donors (Lipinski definition) is 0. The van der Waals surface area contributed by atoms with Gasteiger partial charge in [0.25, 0.3) is 0 Å². The number of fused-ring (bicyclic) bond motifs is 7. The van der Waals surface area contributed by atoms with Crippen LogP contribution in [0.1, 0.15) is 99.8 Å². The highest BCUT2D eigenvalue weighted by Gasteiger charge is 2.73. The van der Waals surface area contributed by atoms with Crippen LogP contribution >= 0.6 is 0 Å². The molecule has 0 aromatic heterocycles. The topological polar surface area (TPSA) is 78.2 Å². The minimum absolute atomic E-state index is 0.0496. The molecule has 5 aliphatic rings. The first kappa shape index (κ1) is 27.6. The van der Waals surface area contributed by atoms with Gasteiger partial charge in [0.15, 0.2) is 5.78 Å². The van der Waals surface area contributed by atoms with Gasteiger partial charge in [-0.05, 0) is 84.4 Å². The van der Waals surface area contributed by atoms with E-state index in [1.165, 1.54) is 0 Å². The highest BCUT2D eigenvalue weighted by molar-refractivity contribution is 6.04. The Morgan fingerprint density at radius 2 is 1.55 bits per heavy atom. The molecule has 4 saturated carbocycles. The summed E-state index contributed by atoms with van der Waals surface area (Å²) < 4.78 is 0. The van der Waals surface area contributed by atoms with Gasteiger partial charge in [0.05, 0.1) is 11.0 Å². The number of ketones is 2. The fourth-order valence-corrected chi connectivity index (χ4v) is 11.1. The Bertz CT molecular complexity index is 1170. The molecule has 5 heteroatoms. The first-order valence-electron chi connectivity index (χ1n) is 14.8. The molecule has 0 saturated heterocycles. The van der Waals surface area contributed by atoms with Crippen LogP contribution in [0.25, 0.3) is 0 Å². The molecule has 4 fully saturated rings. The summed E-state index contributed by atoms with van der Waals surface area (Å²) in [6.45, 7) is 15.6. The summed E-state index contributed by atoms with van der Waals surface area (Å²) in [7, 11) is 3.74. The maximum absolute atomic E-state index is 14.5. The van der Waals surface area contributed by atoms with Crippen LogP contribution in [0.15, 0.2) is 11.6 Å². The molecule has 0 N–H and O–H groups in total. The van der Waals surface area contributed by atoms with Crippen LogP contribution in [0.2, 0.25) is 0 Å². The average molecular weight is 521 g/mol. The van der Waals surface area contributed by atoms with E-state index >= 15 is 0 Å². The van der Waals surface area contributed by atoms with Crippen molar-refractivity contribution in [2.24, 2.45) is 56.2 Å². The Hall–Kier alpha value is -1.96. The predicted molar refractivity (Wildman–Crippen MR) is 148 cm³/mol. The van der Waals surface area contributed by atoms with Crippen molar-refractivity contribution < 1.29 is 14.4 Å². The maximum Gasteiger partial charge on any atom is 0.228 e. The molecule has 0 aromatic rings. The second-order valence-electron chi connectivity index (χ2n) is 16.0. The number of hydrogen-bond acceptors (Lipinski definition) is 4. The molecular formula is C33H48N2O3. The molecule has 38 heavy (non-hydrogen) atoms. The summed E-state index contributed by atoms with van der Waals surface area (Å²) in [6, 6.07) is 2.21. The standard InChI is InChI=1S/C33H48N2O3/c1-28(2)12-14-33(27(38)35(8)9)15-13-32(7)25(21(33)18-28)22(36)16-24-30(5)17-20(19-34)26(37)29(3,4)23(30)10-11-31(24,32)6/h17,21,23-25H,10-16,18H2,1-9H3/t21-,23+,24-,25+,30+,31-,32-,33+/m1/s1. The Morgan fingerprint density at radius 3 is 2.16 bits per heavy atom. The molecule has 8 atom stereocenters. The van der Waals surface area contributed by atoms with Gasteiger partial charge in [-0.15, -0.1) is 0 Å². The van der Waals surface area contributed by atoms with Gasteiger partial charge in [0.2, 0.25) is 5.91 Å². The van der Waals surface area contributed by atoms with E-state index in [1.807, 2.05) is 34.0 Å². The van der Waals surface area contributed by atoms with Crippen LogP contribution in [0, 0.1) is 67.5 Å². The summed E-state index contributed by atoms with van der Waals surface area (Å²) in [4.78, 5) is 43.4. The van der Waals surface area contributed by atoms with Gasteiger partial charge < -0.3 is 4.90 Å². The summed E-state index contributed by atoms with van der Waals surface area (Å²) in [5, 5.41) is 9.91. The van der Waals surface area contributed by atoms with E-state index < -0.39 is 10.8 Å². The van der Waals surface area contributed by atoms with Crippen LogP contribution in [-0.2, 0) is 14.4 Å². The van der Waals surface area contributed by atoms with Gasteiger partial charge >= 0.3 is 0 Å². The SMILES string of the molecule is CN(C)C(=O)[C@]12CCC(C)(C)C[C@@H]1[C@H]1C(=O)C[C@@H]3[C@@]4(C)C=C(C#N)C(=O)C(C)(C)[C@@H]4CC[C@@]3(C)[C@]1(C)CC2. The fraction of sp³-hybridized carbons (Fsp3) is 0.818. The highest BCUT2D eigenvalue weighted by atomic mass is 16.2. The monoisotopic (exact) mass is 520 g/mol. The molecule has 0 unspecified atom stereocenters. The second kappa shape index (κ2) is 8.05. The number of nitrogens with zero attached hydrogens (tertiary/aromatic N) is 2. The zero-order valence-electron chi connectivity index (χ0n) is 25.2. The average Bonchev–Trinajstić information content (AvgIpc) is 2.82. The van der Waals surface area contributed by atoms with Gasteiger partial charge in [-0.1, -0.05) is 54.5 Å². The van der Waals surface area contributed by atoms with Gasteiger partial charge in [-0.3, -0.25) is 14.4 Å². The van der Waals surface area contributed by atoms with Crippen molar-refractivity contribution in [1.29, 1.82) is 5.26 Å². The minimum Gasteiger partial charge on any atom is -0.348 e. The molecule has 0 aliphatic heterocycles. The number of rotatable bonds is 1. The summed E-state index contributed by atoms with van der Waals surface area (Å²) in [5.74, 6) is 0.598. The number of nitriles is 1. The Labute approximate surface area is 229 Å². The Morgan fingerprint density at radius 1 is 0.921 bits per heavy atom. The smallest absolute Gasteiger partial charge is 0.228 e. The highest BCUT2D eigenvalue weighted by Crippen LogP contribution is 2.75. The van der Waals surface area contributed by atoms with E-state index in [0.717, 1.165) is 44.9 Å². The van der Waals surface area contributed by atoms with Crippen LogP contribution in [-0.4, -0.2) is 36.5 Å². The van der Waals surface area contributed by atoms with Crippen LogP contribution in [0.3, 0.4) is 0 Å². The Balaban J connectivity index is 1.65. The molecule has 0 heterocycles. The third-order valence-electron chi connectivity index (χ3n) is 13.3. The zero-order chi connectivity index (χ0) is 28.3. The van der Waals surface area contributed by atoms with Gasteiger partial charge in [-0.25, -0.2) is 0 Å². The zero-order valence-corrected chi connectivity index (χ0v) is 25.2. The van der Waals surface area contributed by atoms with E-state index in [1.54, 1.807) is 4.90 Å². The van der Waals surface area contributed by atoms with Crippen LogP contribution in [0.4, 0.5) is 0 Å². The molecule has 5 nitrogen and oxygen atoms in total. The third kappa shape index (κ3) is 3.24. The van der Waals surface area contributed by atoms with Crippen molar-refractivity contribution >= 4 is 17.5 Å². The van der Waals surface area contributed by atoms with Crippen molar-refractivity contribution in [3.05, 3.63) is 11.6 Å². The lowest BCUT2D eigenvalue weighted by molar-refractivity contribution is -0.223. The van der Waals surface area contributed by atoms with E-state index in [-0.39, 0.29) is 62.6 Å². The summed E-state index contributed by atoms with van der Waals surface area (Å²) in [6.07, 6.45) is 8.88. The summed E-state index contributed by atoms with van der Waals surface area (Å²) >= 11 is 0. The van der Waals surface area contributed by atoms with Gasteiger partial charge in [-0.2, -0.15) is 5.26 Å². The number of carbonyl (C=O) groups excluding carboxylic acids is 3. The molecule has 0 radical (unpaired) electrons. The molecule has 5 rings (SSSR count). The molecule has 1 amide bonds. The lowest BCUT2D eigenvalue weighted by atomic mass is 9.31. The lowest BCUT2D eigenvalue weighted by Gasteiger charge is -2.71. The molecule has 0 bridgehead atoms. The first-order chi connectivity index (χ1) is 17.4. The third-order valence-corrected chi connectivity index (χ3v) is 13.3. The van der Waals surface area contributed by atoms with Crippen LogP contribution in [0.5, 0.6) is 0 Å². The van der Waals surface area contributed by atoms with E-state index in [0.29, 0.717) is 12.2 Å². The second-order valence-corrected chi connectivity index (χ2v) is 16.0. The van der Waals surface area contributed by atoms with Crippen molar-refractivity contribution in [2.75, 3.05) is 14.1 Å². The Kier molecular flexibility index (Phi) is 5.84. The number of Topliss-reactive ketones (excluding diaryl/α,β-unsaturated/α-hetero) is 2. The number of amides is 1. The predicted octanol–water partition coefficient (Wildman–Crippen LogP) is 6.37. The van der Waals surface area contributed by atoms with E-state index in [2.05, 4.69) is 40.7 Å². The van der Waals surface area contributed by atoms with E-state index in [9.17, 15) is 19.6 Å². The number of carbonyl (C=O) groups is 3. The lowest BCUT2D eigenvalue weighted by Crippen LogP contribution is -2.69. The maximum atomic E-state index is 14.5. The molecular weight excluding hydrogens is 472 g/mol.